The van der Waals surface area contributed by atoms with E-state index in [1.807, 2.05) is 6.08 Å². The summed E-state index contributed by atoms with van der Waals surface area (Å²) in [6.07, 6.45) is 56.8. The third-order valence-corrected chi connectivity index (χ3v) is 10.4. The first-order valence-corrected chi connectivity index (χ1v) is 22.7. The van der Waals surface area contributed by atoms with Crippen LogP contribution in [0.1, 0.15) is 239 Å². The van der Waals surface area contributed by atoms with Gasteiger partial charge in [-0.3, -0.25) is 4.79 Å². The van der Waals surface area contributed by atoms with E-state index in [4.69, 9.17) is 0 Å². The summed E-state index contributed by atoms with van der Waals surface area (Å²) in [5.74, 6) is -0.0644. The van der Waals surface area contributed by atoms with Gasteiger partial charge in [-0.15, -0.1) is 0 Å². The van der Waals surface area contributed by atoms with Gasteiger partial charge in [0.1, 0.15) is 0 Å². The van der Waals surface area contributed by atoms with E-state index >= 15 is 0 Å². The molecular weight excluding hydrogens is 627 g/mol. The van der Waals surface area contributed by atoms with Crippen LogP contribution < -0.4 is 5.32 Å². The van der Waals surface area contributed by atoms with Crippen molar-refractivity contribution in [3.63, 3.8) is 0 Å². The molecule has 0 radical (unpaired) electrons. The van der Waals surface area contributed by atoms with Gasteiger partial charge in [-0.25, -0.2) is 0 Å². The fourth-order valence-electron chi connectivity index (χ4n) is 6.86. The fourth-order valence-corrected chi connectivity index (χ4v) is 6.86. The van der Waals surface area contributed by atoms with Gasteiger partial charge in [-0.2, -0.15) is 0 Å². The van der Waals surface area contributed by atoms with Crippen LogP contribution in [-0.2, 0) is 4.79 Å². The van der Waals surface area contributed by atoms with Crippen molar-refractivity contribution in [1.82, 2.24) is 5.32 Å². The van der Waals surface area contributed by atoms with Crippen LogP contribution in [-0.4, -0.2) is 34.9 Å². The Morgan fingerprint density at radius 2 is 0.804 bits per heavy atom. The molecule has 4 heteroatoms. The van der Waals surface area contributed by atoms with Crippen LogP contribution in [0.4, 0.5) is 0 Å². The fraction of sp³-hybridized carbons (Fsp3) is 0.851. The Balaban J connectivity index is 3.52. The molecule has 0 rings (SSSR count). The van der Waals surface area contributed by atoms with Crippen LogP contribution in [0.5, 0.6) is 0 Å². The predicted molar refractivity (Wildman–Crippen MR) is 225 cm³/mol. The van der Waals surface area contributed by atoms with Gasteiger partial charge in [0.15, 0.2) is 0 Å². The number of amides is 1. The van der Waals surface area contributed by atoms with E-state index in [2.05, 4.69) is 43.5 Å². The highest BCUT2D eigenvalue weighted by Crippen LogP contribution is 2.15. The number of carbonyl (C=O) groups is 1. The second-order valence-electron chi connectivity index (χ2n) is 15.5. The molecule has 0 spiro atoms. The summed E-state index contributed by atoms with van der Waals surface area (Å²) in [5, 5.41) is 23.0. The molecule has 0 bridgehead atoms. The van der Waals surface area contributed by atoms with E-state index in [1.54, 1.807) is 6.08 Å². The summed E-state index contributed by atoms with van der Waals surface area (Å²) in [6, 6.07) is -0.620. The van der Waals surface area contributed by atoms with E-state index in [9.17, 15) is 15.0 Å². The smallest absolute Gasteiger partial charge is 0.220 e. The molecule has 0 aliphatic carbocycles. The van der Waals surface area contributed by atoms with Crippen molar-refractivity contribution in [3.05, 3.63) is 36.5 Å². The SMILES string of the molecule is CCCCCCC/C=C\C/C=C\CCCCCCCCCCCCCCCC(=O)NC(CO)C(O)/C=C/CCCCCCCCCCCCCC. The van der Waals surface area contributed by atoms with Crippen LogP contribution in [0.3, 0.4) is 0 Å². The number of unbranched alkanes of at least 4 members (excludes halogenated alkanes) is 30. The van der Waals surface area contributed by atoms with Gasteiger partial charge >= 0.3 is 0 Å². The van der Waals surface area contributed by atoms with E-state index in [1.165, 1.54) is 186 Å². The maximum atomic E-state index is 12.4. The minimum atomic E-state index is -0.837. The largest absolute Gasteiger partial charge is 0.394 e. The quantitative estimate of drug-likeness (QED) is 0.0436. The number of allylic oxidation sites excluding steroid dienone is 5. The first-order valence-electron chi connectivity index (χ1n) is 22.7. The van der Waals surface area contributed by atoms with Gasteiger partial charge in [-0.1, -0.05) is 217 Å². The molecule has 0 fully saturated rings. The highest BCUT2D eigenvalue weighted by atomic mass is 16.3. The van der Waals surface area contributed by atoms with Crippen molar-refractivity contribution < 1.29 is 15.0 Å². The Hall–Kier alpha value is -1.39. The topological polar surface area (TPSA) is 69.6 Å². The van der Waals surface area contributed by atoms with Crippen molar-refractivity contribution in [2.75, 3.05) is 6.61 Å². The zero-order valence-corrected chi connectivity index (χ0v) is 34.4. The van der Waals surface area contributed by atoms with Gasteiger partial charge < -0.3 is 15.5 Å². The number of hydrogen-bond donors (Lipinski definition) is 3. The molecule has 0 aromatic carbocycles. The molecule has 0 heterocycles. The summed E-state index contributed by atoms with van der Waals surface area (Å²) in [4.78, 5) is 12.4. The number of aliphatic hydroxyl groups is 2. The number of aliphatic hydroxyl groups excluding tert-OH is 2. The van der Waals surface area contributed by atoms with Crippen molar-refractivity contribution in [3.8, 4) is 0 Å². The number of rotatable bonds is 41. The van der Waals surface area contributed by atoms with E-state index in [0.717, 1.165) is 32.1 Å². The van der Waals surface area contributed by atoms with Crippen molar-refractivity contribution in [2.45, 2.75) is 251 Å². The Morgan fingerprint density at radius 1 is 0.471 bits per heavy atom. The lowest BCUT2D eigenvalue weighted by Crippen LogP contribution is -2.45. The number of nitrogens with one attached hydrogen (secondary N) is 1. The lowest BCUT2D eigenvalue weighted by Gasteiger charge is -2.20. The first kappa shape index (κ1) is 49.6. The Labute approximate surface area is 319 Å². The second kappa shape index (κ2) is 43.0. The van der Waals surface area contributed by atoms with Crippen LogP contribution in [0.15, 0.2) is 36.5 Å². The van der Waals surface area contributed by atoms with Gasteiger partial charge in [0.25, 0.3) is 0 Å². The van der Waals surface area contributed by atoms with Crippen LogP contribution in [0.2, 0.25) is 0 Å². The standard InChI is InChI=1S/C47H89NO3/c1-3-5-7-9-11-13-15-17-19-20-21-22-23-24-25-26-27-28-29-31-33-35-37-39-41-43-47(51)48-45(44-49)46(50)42-40-38-36-34-32-30-18-16-14-12-10-8-6-4-2/h15,17,20-21,40,42,45-46,49-50H,3-14,16,18-19,22-39,41,43-44H2,1-2H3,(H,48,51)/b17-15-,21-20-,42-40+. The summed E-state index contributed by atoms with van der Waals surface area (Å²) in [7, 11) is 0. The minimum Gasteiger partial charge on any atom is -0.394 e. The van der Waals surface area contributed by atoms with Gasteiger partial charge in [0, 0.05) is 6.42 Å². The van der Waals surface area contributed by atoms with Gasteiger partial charge in [0.2, 0.25) is 5.91 Å². The summed E-state index contributed by atoms with van der Waals surface area (Å²) < 4.78 is 0. The number of carbonyl (C=O) groups excluding carboxylic acids is 1. The average Bonchev–Trinajstić information content (AvgIpc) is 3.13. The predicted octanol–water partition coefficient (Wildman–Crippen LogP) is 14.2. The zero-order chi connectivity index (χ0) is 37.1. The van der Waals surface area contributed by atoms with Crippen LogP contribution in [0, 0.1) is 0 Å². The number of hydrogen-bond acceptors (Lipinski definition) is 3. The van der Waals surface area contributed by atoms with E-state index in [0.29, 0.717) is 6.42 Å². The molecule has 0 saturated heterocycles. The average molecular weight is 716 g/mol. The maximum Gasteiger partial charge on any atom is 0.220 e. The molecule has 2 unspecified atom stereocenters. The van der Waals surface area contributed by atoms with Crippen molar-refractivity contribution in [2.24, 2.45) is 0 Å². The molecule has 300 valence electrons. The lowest BCUT2D eigenvalue weighted by molar-refractivity contribution is -0.123. The Kier molecular flexibility index (Phi) is 41.8. The molecule has 0 aromatic heterocycles. The van der Waals surface area contributed by atoms with Gasteiger partial charge in [-0.05, 0) is 51.4 Å². The van der Waals surface area contributed by atoms with E-state index in [-0.39, 0.29) is 12.5 Å². The van der Waals surface area contributed by atoms with Crippen molar-refractivity contribution in [1.29, 1.82) is 0 Å². The van der Waals surface area contributed by atoms with Crippen LogP contribution in [0.25, 0.3) is 0 Å². The summed E-state index contributed by atoms with van der Waals surface area (Å²) in [6.45, 7) is 4.30. The molecular formula is C47H89NO3. The Morgan fingerprint density at radius 3 is 1.18 bits per heavy atom. The molecule has 2 atom stereocenters. The monoisotopic (exact) mass is 716 g/mol. The van der Waals surface area contributed by atoms with Gasteiger partial charge in [0.05, 0.1) is 18.8 Å². The normalized spacial score (nSPS) is 13.3. The lowest BCUT2D eigenvalue weighted by atomic mass is 10.0. The Bertz CT molecular complexity index is 775. The molecule has 51 heavy (non-hydrogen) atoms. The zero-order valence-electron chi connectivity index (χ0n) is 34.4. The van der Waals surface area contributed by atoms with Crippen molar-refractivity contribution >= 4 is 5.91 Å². The first-order chi connectivity index (χ1) is 25.2. The maximum absolute atomic E-state index is 12.4. The molecule has 0 aliphatic heterocycles. The molecule has 3 N–H and O–H groups in total. The highest BCUT2D eigenvalue weighted by molar-refractivity contribution is 5.76. The molecule has 0 saturated carbocycles. The minimum absolute atomic E-state index is 0.0644. The third kappa shape index (κ3) is 39.6. The third-order valence-electron chi connectivity index (χ3n) is 10.4. The molecule has 4 nitrogen and oxygen atoms in total. The summed E-state index contributed by atoms with van der Waals surface area (Å²) in [5.41, 5.74) is 0. The second-order valence-corrected chi connectivity index (χ2v) is 15.5. The summed E-state index contributed by atoms with van der Waals surface area (Å²) >= 11 is 0. The molecule has 0 aromatic rings. The molecule has 1 amide bonds. The van der Waals surface area contributed by atoms with E-state index < -0.39 is 12.1 Å². The highest BCUT2D eigenvalue weighted by Gasteiger charge is 2.17. The molecule has 0 aliphatic rings. The van der Waals surface area contributed by atoms with Crippen LogP contribution >= 0.6 is 0 Å².